The highest BCUT2D eigenvalue weighted by Gasteiger charge is 2.35. The fraction of sp³-hybridized carbons (Fsp3) is 0.846. The lowest BCUT2D eigenvalue weighted by Crippen LogP contribution is -2.48. The van der Waals surface area contributed by atoms with Crippen molar-refractivity contribution in [2.24, 2.45) is 5.92 Å². The second-order valence-electron chi connectivity index (χ2n) is 6.05. The van der Waals surface area contributed by atoms with E-state index in [1.165, 1.54) is 18.3 Å². The van der Waals surface area contributed by atoms with Crippen molar-refractivity contribution in [1.82, 2.24) is 0 Å². The van der Waals surface area contributed by atoms with E-state index in [0.29, 0.717) is 13.4 Å². The number of hydrogen-bond donors (Lipinski definition) is 1. The van der Waals surface area contributed by atoms with Crippen LogP contribution in [0.1, 0.15) is 53.9 Å². The molecule has 1 aliphatic carbocycles. The molecule has 0 heterocycles. The third-order valence-electron chi connectivity index (χ3n) is 3.77. The molecule has 0 amide bonds. The molecule has 1 aliphatic rings. The van der Waals surface area contributed by atoms with Crippen LogP contribution in [0, 0.1) is 5.92 Å². The van der Waals surface area contributed by atoms with E-state index in [1.54, 1.807) is 13.8 Å². The number of hydrogen-bond acceptors (Lipinski definition) is 2. The first kappa shape index (κ1) is 13.8. The smallest absolute Gasteiger partial charge is 0.305 e. The molecule has 0 saturated carbocycles. The molecule has 0 spiro atoms. The molecule has 3 heteroatoms. The van der Waals surface area contributed by atoms with Crippen LogP contribution in [0.4, 0.5) is 0 Å². The van der Waals surface area contributed by atoms with Gasteiger partial charge in [0.25, 0.3) is 0 Å². The minimum absolute atomic E-state index is 0.505. The minimum atomic E-state index is -0.812. The van der Waals surface area contributed by atoms with Gasteiger partial charge in [0.05, 0.1) is 11.2 Å². The first-order valence-electron chi connectivity index (χ1n) is 6.28. The Bertz CT molecular complexity index is 264. The van der Waals surface area contributed by atoms with E-state index in [2.05, 4.69) is 13.0 Å². The normalized spacial score (nSPS) is 22.9. The maximum absolute atomic E-state index is 9.98. The van der Waals surface area contributed by atoms with Gasteiger partial charge in [0, 0.05) is 0 Å². The monoisotopic (exact) mass is 224 g/mol. The topological polar surface area (TPSA) is 29.5 Å². The molecular weight excluding hydrogens is 199 g/mol. The van der Waals surface area contributed by atoms with Gasteiger partial charge in [-0.15, -0.1) is 0 Å². The van der Waals surface area contributed by atoms with Gasteiger partial charge in [-0.2, -0.15) is 0 Å². The van der Waals surface area contributed by atoms with Crippen molar-refractivity contribution in [3.05, 3.63) is 11.5 Å². The minimum Gasteiger partial charge on any atom is -0.427 e. The Morgan fingerprint density at radius 2 is 2.00 bits per heavy atom. The van der Waals surface area contributed by atoms with Gasteiger partial charge in [-0.25, -0.2) is 0 Å². The summed E-state index contributed by atoms with van der Waals surface area (Å²) in [5.74, 6) is 0.678. The van der Waals surface area contributed by atoms with Crippen molar-refractivity contribution in [3.8, 4) is 0 Å². The van der Waals surface area contributed by atoms with E-state index >= 15 is 0 Å². The molecular formula is C13H25BO2. The van der Waals surface area contributed by atoms with Crippen LogP contribution in [-0.2, 0) is 4.65 Å². The summed E-state index contributed by atoms with van der Waals surface area (Å²) < 4.78 is 5.86. The highest BCUT2D eigenvalue weighted by molar-refractivity contribution is 6.38. The summed E-state index contributed by atoms with van der Waals surface area (Å²) in [6, 6.07) is 0. The van der Waals surface area contributed by atoms with Crippen LogP contribution in [0.3, 0.4) is 0 Å². The average molecular weight is 224 g/mol. The summed E-state index contributed by atoms with van der Waals surface area (Å²) in [6.07, 6.45) is 6.02. The molecule has 0 radical (unpaired) electrons. The van der Waals surface area contributed by atoms with Crippen molar-refractivity contribution in [3.63, 3.8) is 0 Å². The van der Waals surface area contributed by atoms with Gasteiger partial charge in [-0.3, -0.25) is 0 Å². The first-order chi connectivity index (χ1) is 7.22. The quantitative estimate of drug-likeness (QED) is 0.744. The zero-order valence-corrected chi connectivity index (χ0v) is 11.3. The summed E-state index contributed by atoms with van der Waals surface area (Å²) >= 11 is 0. The second-order valence-corrected chi connectivity index (χ2v) is 6.05. The molecule has 0 aliphatic heterocycles. The highest BCUT2D eigenvalue weighted by Crippen LogP contribution is 2.27. The SMILES string of the molecule is CC1C=C(BOC(C)(C)C(C)(C)O)CCC1. The predicted octanol–water partition coefficient (Wildman–Crippen LogP) is 2.61. The Labute approximate surface area is 100 Å². The molecule has 1 atom stereocenters. The summed E-state index contributed by atoms with van der Waals surface area (Å²) in [4.78, 5) is 0. The maximum Gasteiger partial charge on any atom is 0.305 e. The van der Waals surface area contributed by atoms with Crippen molar-refractivity contribution < 1.29 is 9.76 Å². The Morgan fingerprint density at radius 3 is 2.50 bits per heavy atom. The molecule has 1 rings (SSSR count). The standard InChI is InChI=1S/C13H25BO2/c1-10-7-6-8-11(9-10)14-16-13(4,5)12(2,3)15/h9-10,14-15H,6-8H2,1-5H3. The van der Waals surface area contributed by atoms with Crippen LogP contribution in [-0.4, -0.2) is 23.8 Å². The predicted molar refractivity (Wildman–Crippen MR) is 69.7 cm³/mol. The van der Waals surface area contributed by atoms with Crippen LogP contribution >= 0.6 is 0 Å². The number of allylic oxidation sites excluding steroid dienone is 2. The zero-order chi connectivity index (χ0) is 12.4. The van der Waals surface area contributed by atoms with Crippen LogP contribution < -0.4 is 0 Å². The molecule has 92 valence electrons. The fourth-order valence-electron chi connectivity index (χ4n) is 1.79. The van der Waals surface area contributed by atoms with E-state index < -0.39 is 11.2 Å². The molecule has 0 bridgehead atoms. The number of rotatable bonds is 4. The Balaban J connectivity index is 2.51. The lowest BCUT2D eigenvalue weighted by atomic mass is 9.75. The third kappa shape index (κ3) is 3.64. The van der Waals surface area contributed by atoms with Crippen LogP contribution in [0.25, 0.3) is 0 Å². The van der Waals surface area contributed by atoms with E-state index in [-0.39, 0.29) is 0 Å². The van der Waals surface area contributed by atoms with Crippen LogP contribution in [0.5, 0.6) is 0 Å². The second kappa shape index (κ2) is 4.93. The van der Waals surface area contributed by atoms with Gasteiger partial charge < -0.3 is 9.76 Å². The van der Waals surface area contributed by atoms with E-state index in [9.17, 15) is 5.11 Å². The number of aliphatic hydroxyl groups is 1. The van der Waals surface area contributed by atoms with E-state index in [1.807, 2.05) is 13.8 Å². The van der Waals surface area contributed by atoms with E-state index in [0.717, 1.165) is 6.42 Å². The molecule has 0 aromatic rings. The third-order valence-corrected chi connectivity index (χ3v) is 3.77. The maximum atomic E-state index is 9.98. The van der Waals surface area contributed by atoms with Gasteiger partial charge in [0.15, 0.2) is 0 Å². The van der Waals surface area contributed by atoms with Gasteiger partial charge in [-0.1, -0.05) is 18.5 Å². The van der Waals surface area contributed by atoms with Crippen molar-refractivity contribution in [2.45, 2.75) is 65.1 Å². The fourth-order valence-corrected chi connectivity index (χ4v) is 1.79. The van der Waals surface area contributed by atoms with Crippen molar-refractivity contribution >= 4 is 7.48 Å². The zero-order valence-electron chi connectivity index (χ0n) is 11.3. The van der Waals surface area contributed by atoms with Gasteiger partial charge in [0.2, 0.25) is 0 Å². The lowest BCUT2D eigenvalue weighted by molar-refractivity contribution is -0.0897. The van der Waals surface area contributed by atoms with Crippen molar-refractivity contribution in [1.29, 1.82) is 0 Å². The molecule has 0 aromatic carbocycles. The first-order valence-corrected chi connectivity index (χ1v) is 6.28. The highest BCUT2D eigenvalue weighted by atomic mass is 16.5. The summed E-state index contributed by atoms with van der Waals surface area (Å²) in [7, 11) is 0.654. The van der Waals surface area contributed by atoms with Gasteiger partial charge >= 0.3 is 7.48 Å². The Hall–Kier alpha value is -0.275. The van der Waals surface area contributed by atoms with Crippen LogP contribution in [0.2, 0.25) is 0 Å². The van der Waals surface area contributed by atoms with Gasteiger partial charge in [0.1, 0.15) is 0 Å². The molecule has 2 nitrogen and oxygen atoms in total. The molecule has 0 saturated heterocycles. The van der Waals surface area contributed by atoms with Crippen LogP contribution in [0.15, 0.2) is 11.5 Å². The van der Waals surface area contributed by atoms with E-state index in [4.69, 9.17) is 4.65 Å². The Kier molecular flexibility index (Phi) is 4.25. The van der Waals surface area contributed by atoms with Crippen molar-refractivity contribution in [2.75, 3.05) is 0 Å². The Morgan fingerprint density at radius 1 is 1.38 bits per heavy atom. The van der Waals surface area contributed by atoms with Gasteiger partial charge in [-0.05, 0) is 52.9 Å². The summed E-state index contributed by atoms with van der Waals surface area (Å²) in [6.45, 7) is 9.73. The lowest BCUT2D eigenvalue weighted by Gasteiger charge is -2.38. The molecule has 0 aromatic heterocycles. The largest absolute Gasteiger partial charge is 0.427 e. The summed E-state index contributed by atoms with van der Waals surface area (Å²) in [5.41, 5.74) is 0.0682. The molecule has 0 fully saturated rings. The average Bonchev–Trinajstić information content (AvgIpc) is 2.13. The molecule has 1 N–H and O–H groups in total. The summed E-state index contributed by atoms with van der Waals surface area (Å²) in [5, 5.41) is 9.98. The molecule has 1 unspecified atom stereocenters. The molecule has 16 heavy (non-hydrogen) atoms.